The highest BCUT2D eigenvalue weighted by Gasteiger charge is 2.34. The summed E-state index contributed by atoms with van der Waals surface area (Å²) < 4.78 is 4.48. The number of nitrogens with two attached hydrogens (primary N) is 1. The van der Waals surface area contributed by atoms with Gasteiger partial charge in [-0.15, -0.1) is 0 Å². The van der Waals surface area contributed by atoms with Crippen LogP contribution in [-0.4, -0.2) is 47.1 Å². The summed E-state index contributed by atoms with van der Waals surface area (Å²) in [5.74, 6) is 0.528. The quantitative estimate of drug-likeness (QED) is 0.190. The Morgan fingerprint density at radius 2 is 0.967 bits per heavy atom. The number of carbonyl (C=O) groups is 2. The zero-order chi connectivity index (χ0) is 41.0. The number of amides is 2. The maximum Gasteiger partial charge on any atom is 0.230 e. The fraction of sp³-hybridized carbons (Fsp3) is 0.300. The van der Waals surface area contributed by atoms with Crippen LogP contribution in [0.4, 0.5) is 22.7 Å². The predicted molar refractivity (Wildman–Crippen MR) is 238 cm³/mol. The number of piperidine rings is 2. The molecule has 10 nitrogen and oxygen atoms in total. The van der Waals surface area contributed by atoms with Crippen molar-refractivity contribution in [1.82, 2.24) is 9.13 Å². The van der Waals surface area contributed by atoms with E-state index in [1.54, 1.807) is 0 Å². The second kappa shape index (κ2) is 17.3. The molecule has 4 aliphatic rings. The number of nitrogens with zero attached hydrogens (tertiary/aromatic N) is 7. The highest BCUT2D eigenvalue weighted by molar-refractivity contribution is 5.97. The van der Waals surface area contributed by atoms with Crippen LogP contribution in [0.1, 0.15) is 59.3 Å². The number of hydrogen-bond donors (Lipinski definition) is 1. The molecule has 0 bridgehead atoms. The van der Waals surface area contributed by atoms with E-state index in [-0.39, 0.29) is 23.7 Å². The van der Waals surface area contributed by atoms with Crippen molar-refractivity contribution in [3.8, 4) is 6.07 Å². The molecule has 2 fully saturated rings. The van der Waals surface area contributed by atoms with Gasteiger partial charge in [0.15, 0.2) is 0 Å². The fourth-order valence-electron chi connectivity index (χ4n) is 9.58. The summed E-state index contributed by atoms with van der Waals surface area (Å²) in [6, 6.07) is 43.3. The number of nitriles is 1. The van der Waals surface area contributed by atoms with E-state index in [0.29, 0.717) is 25.2 Å². The van der Waals surface area contributed by atoms with Gasteiger partial charge in [-0.3, -0.25) is 9.59 Å². The van der Waals surface area contributed by atoms with Crippen molar-refractivity contribution in [2.45, 2.75) is 58.4 Å². The van der Waals surface area contributed by atoms with Crippen LogP contribution in [0, 0.1) is 23.2 Å². The van der Waals surface area contributed by atoms with Gasteiger partial charge >= 0.3 is 0 Å². The normalized spacial score (nSPS) is 16.5. The van der Waals surface area contributed by atoms with Gasteiger partial charge in [-0.1, -0.05) is 66.7 Å². The molecule has 6 aromatic rings. The van der Waals surface area contributed by atoms with Crippen molar-refractivity contribution in [3.05, 3.63) is 167 Å². The summed E-state index contributed by atoms with van der Waals surface area (Å²) in [5.41, 5.74) is 16.8. The first-order valence-corrected chi connectivity index (χ1v) is 21.3. The molecule has 0 spiro atoms. The van der Waals surface area contributed by atoms with E-state index in [1.165, 1.54) is 33.8 Å². The molecule has 0 atom stereocenters. The zero-order valence-corrected chi connectivity index (χ0v) is 34.1. The van der Waals surface area contributed by atoms with E-state index in [1.807, 2.05) is 58.3 Å². The molecule has 2 amide bonds. The molecular formula is C50H52N8O2. The maximum absolute atomic E-state index is 13.6. The molecule has 304 valence electrons. The molecule has 2 aromatic heterocycles. The van der Waals surface area contributed by atoms with Crippen LogP contribution in [0.15, 0.2) is 134 Å². The van der Waals surface area contributed by atoms with Gasteiger partial charge in [0.05, 0.1) is 24.3 Å². The minimum Gasteiger partial charge on any atom is -0.371 e. The predicted octanol–water partition coefficient (Wildman–Crippen LogP) is 7.93. The number of fused-ring (bicyclic) bond motifs is 4. The molecule has 4 aliphatic heterocycles. The Balaban J connectivity index is 0.000000154. The Kier molecular flexibility index (Phi) is 11.2. The van der Waals surface area contributed by atoms with Crippen molar-refractivity contribution >= 4 is 34.6 Å². The van der Waals surface area contributed by atoms with E-state index < -0.39 is 0 Å². The van der Waals surface area contributed by atoms with Crippen molar-refractivity contribution < 1.29 is 9.59 Å². The topological polar surface area (TPSA) is 107 Å². The SMILES string of the molecule is N#Cc1ccccc1N1CCC(C(=O)N2Cc3cccn3Cc3ccccc32)CC1.NCc1ccccc1N1CCC(C(=O)N2Cc3cccn3Cc3ccccc32)CC1. The van der Waals surface area contributed by atoms with Crippen LogP contribution >= 0.6 is 0 Å². The lowest BCUT2D eigenvalue weighted by atomic mass is 9.93. The lowest BCUT2D eigenvalue weighted by Crippen LogP contribution is -2.43. The molecule has 60 heavy (non-hydrogen) atoms. The molecule has 6 heterocycles. The lowest BCUT2D eigenvalue weighted by molar-refractivity contribution is -0.123. The zero-order valence-electron chi connectivity index (χ0n) is 34.1. The molecule has 2 saturated heterocycles. The van der Waals surface area contributed by atoms with Crippen molar-refractivity contribution in [1.29, 1.82) is 5.26 Å². The van der Waals surface area contributed by atoms with E-state index in [9.17, 15) is 14.9 Å². The number of para-hydroxylation sites is 4. The summed E-state index contributed by atoms with van der Waals surface area (Å²) in [6.07, 6.45) is 7.55. The molecule has 10 rings (SSSR count). The van der Waals surface area contributed by atoms with E-state index in [0.717, 1.165) is 82.0 Å². The molecule has 4 aromatic carbocycles. The summed E-state index contributed by atoms with van der Waals surface area (Å²) in [4.78, 5) is 35.9. The van der Waals surface area contributed by atoms with Crippen LogP contribution in [-0.2, 0) is 42.3 Å². The standard InChI is InChI=1S/C25H28N4O.C25H24N4O/c2*26-16-20-6-1-3-9-23(20)27-14-11-19(12-15-27)25(30)29-18-22-8-5-13-28(22)17-21-7-2-4-10-24(21)29/h1-10,13,19H,11-12,14-18,26H2;1-10,13,19H,11-12,14-15,17-18H2. The third kappa shape index (κ3) is 7.81. The average molecular weight is 797 g/mol. The van der Waals surface area contributed by atoms with Crippen LogP contribution in [0.5, 0.6) is 0 Å². The van der Waals surface area contributed by atoms with E-state index in [4.69, 9.17) is 5.73 Å². The van der Waals surface area contributed by atoms with Crippen molar-refractivity contribution in [2.75, 3.05) is 45.8 Å². The number of benzene rings is 4. The number of rotatable bonds is 5. The number of carbonyl (C=O) groups excluding carboxylic acids is 2. The first kappa shape index (κ1) is 38.9. The minimum absolute atomic E-state index is 0.00469. The monoisotopic (exact) mass is 796 g/mol. The van der Waals surface area contributed by atoms with E-state index in [2.05, 4.69) is 110 Å². The van der Waals surface area contributed by atoms with Gasteiger partial charge in [0.2, 0.25) is 11.8 Å². The molecule has 0 saturated carbocycles. The van der Waals surface area contributed by atoms with Crippen LogP contribution in [0.25, 0.3) is 0 Å². The Morgan fingerprint density at radius 1 is 0.533 bits per heavy atom. The molecule has 2 N–H and O–H groups in total. The number of hydrogen-bond acceptors (Lipinski definition) is 6. The van der Waals surface area contributed by atoms with Gasteiger partial charge in [0.25, 0.3) is 0 Å². The summed E-state index contributed by atoms with van der Waals surface area (Å²) in [5, 5.41) is 9.40. The smallest absolute Gasteiger partial charge is 0.230 e. The van der Waals surface area contributed by atoms with E-state index >= 15 is 0 Å². The van der Waals surface area contributed by atoms with Gasteiger partial charge in [0, 0.05) is 98.5 Å². The third-order valence-electron chi connectivity index (χ3n) is 12.9. The fourth-order valence-corrected chi connectivity index (χ4v) is 9.58. The van der Waals surface area contributed by atoms with Crippen molar-refractivity contribution in [3.63, 3.8) is 0 Å². The first-order chi connectivity index (χ1) is 29.5. The van der Waals surface area contributed by atoms with Crippen LogP contribution in [0.3, 0.4) is 0 Å². The Hall–Kier alpha value is -6.57. The average Bonchev–Trinajstić information content (AvgIpc) is 3.88. The Morgan fingerprint density at radius 3 is 1.47 bits per heavy atom. The maximum atomic E-state index is 13.6. The summed E-state index contributed by atoms with van der Waals surface area (Å²) >= 11 is 0. The molecule has 0 aliphatic carbocycles. The van der Waals surface area contributed by atoms with Gasteiger partial charge in [-0.2, -0.15) is 5.26 Å². The first-order valence-electron chi connectivity index (χ1n) is 21.3. The Labute approximate surface area is 352 Å². The second-order valence-electron chi connectivity index (χ2n) is 16.3. The van der Waals surface area contributed by atoms with Crippen LogP contribution < -0.4 is 25.3 Å². The van der Waals surface area contributed by atoms with Gasteiger partial charge < -0.3 is 34.5 Å². The third-order valence-corrected chi connectivity index (χ3v) is 12.9. The van der Waals surface area contributed by atoms with Gasteiger partial charge in [-0.05, 0) is 97.0 Å². The largest absolute Gasteiger partial charge is 0.371 e. The lowest BCUT2D eigenvalue weighted by Gasteiger charge is -2.36. The molecular weight excluding hydrogens is 745 g/mol. The van der Waals surface area contributed by atoms with Crippen molar-refractivity contribution in [2.24, 2.45) is 17.6 Å². The second-order valence-corrected chi connectivity index (χ2v) is 16.3. The van der Waals surface area contributed by atoms with Crippen LogP contribution in [0.2, 0.25) is 0 Å². The molecule has 10 heteroatoms. The molecule has 0 radical (unpaired) electrons. The van der Waals surface area contributed by atoms with Gasteiger partial charge in [-0.25, -0.2) is 0 Å². The summed E-state index contributed by atoms with van der Waals surface area (Å²) in [7, 11) is 0. The Bertz CT molecular complexity index is 2510. The number of aromatic nitrogens is 2. The summed E-state index contributed by atoms with van der Waals surface area (Å²) in [6.45, 7) is 6.77. The highest BCUT2D eigenvalue weighted by Crippen LogP contribution is 2.35. The highest BCUT2D eigenvalue weighted by atomic mass is 16.2. The van der Waals surface area contributed by atoms with Gasteiger partial charge in [0.1, 0.15) is 6.07 Å². The molecule has 0 unspecified atom stereocenters. The minimum atomic E-state index is 0.00469. The number of anilines is 4.